The maximum absolute atomic E-state index is 5.83. The second kappa shape index (κ2) is 16.6. The van der Waals surface area contributed by atoms with Gasteiger partial charge in [0.2, 0.25) is 0 Å². The first-order valence-corrected chi connectivity index (χ1v) is 11.6. The van der Waals surface area contributed by atoms with Gasteiger partial charge in [0.1, 0.15) is 0 Å². The van der Waals surface area contributed by atoms with Crippen LogP contribution in [0.25, 0.3) is 0 Å². The van der Waals surface area contributed by atoms with Crippen molar-refractivity contribution in [2.24, 2.45) is 22.7 Å². The van der Waals surface area contributed by atoms with Crippen LogP contribution in [0.1, 0.15) is 52.9 Å². The molecule has 2 atom stereocenters. The smallest absolute Gasteiger partial charge is 0.191 e. The predicted molar refractivity (Wildman–Crippen MR) is 132 cm³/mol. The molecule has 29 heavy (non-hydrogen) atoms. The van der Waals surface area contributed by atoms with Gasteiger partial charge in [-0.25, -0.2) is 0 Å². The third kappa shape index (κ3) is 12.4. The van der Waals surface area contributed by atoms with Gasteiger partial charge in [0.15, 0.2) is 5.96 Å². The van der Waals surface area contributed by atoms with E-state index in [2.05, 4.69) is 41.3 Å². The summed E-state index contributed by atoms with van der Waals surface area (Å²) in [6.45, 7) is 16.7. The molecule has 2 aliphatic heterocycles. The Balaban J connectivity index is 0.00000420. The van der Waals surface area contributed by atoms with Gasteiger partial charge >= 0.3 is 0 Å². The highest BCUT2D eigenvalue weighted by atomic mass is 127. The standard InChI is InChI=1S/C22H44N4O2.HI/c1-4-23-22(24-9-5-11-26-16-19(2)15-20(3)17-26)25-10-6-12-28-18-21-7-13-27-14-8-21;/h19-21H,4-18H2,1-3H3,(H2,23,24,25);1H. The molecule has 0 spiro atoms. The minimum atomic E-state index is 0. The summed E-state index contributed by atoms with van der Waals surface area (Å²) in [5.41, 5.74) is 0. The monoisotopic (exact) mass is 524 g/mol. The van der Waals surface area contributed by atoms with Gasteiger partial charge in [0, 0.05) is 59.2 Å². The molecule has 2 heterocycles. The lowest BCUT2D eigenvalue weighted by Crippen LogP contribution is -2.41. The number of nitrogens with one attached hydrogen (secondary N) is 2. The van der Waals surface area contributed by atoms with Crippen molar-refractivity contribution in [3.8, 4) is 0 Å². The number of rotatable bonds is 11. The van der Waals surface area contributed by atoms with Gasteiger partial charge in [-0.3, -0.25) is 4.99 Å². The first kappa shape index (κ1) is 26.9. The summed E-state index contributed by atoms with van der Waals surface area (Å²) < 4.78 is 11.2. The largest absolute Gasteiger partial charge is 0.381 e. The fraction of sp³-hybridized carbons (Fsp3) is 0.955. The Morgan fingerprint density at radius 3 is 2.52 bits per heavy atom. The lowest BCUT2D eigenvalue weighted by molar-refractivity contribution is 0.0205. The first-order valence-electron chi connectivity index (χ1n) is 11.6. The lowest BCUT2D eigenvalue weighted by Gasteiger charge is -2.35. The Hall–Kier alpha value is -0.120. The zero-order valence-electron chi connectivity index (χ0n) is 19.0. The molecule has 0 aromatic rings. The van der Waals surface area contributed by atoms with Gasteiger partial charge in [-0.1, -0.05) is 13.8 Å². The molecule has 0 radical (unpaired) electrons. The van der Waals surface area contributed by atoms with Crippen LogP contribution in [0.15, 0.2) is 4.99 Å². The average molecular weight is 525 g/mol. The van der Waals surface area contributed by atoms with Gasteiger partial charge in [-0.2, -0.15) is 0 Å². The Morgan fingerprint density at radius 1 is 1.10 bits per heavy atom. The van der Waals surface area contributed by atoms with Gasteiger partial charge < -0.3 is 25.0 Å². The van der Waals surface area contributed by atoms with Crippen LogP contribution in [0.4, 0.5) is 0 Å². The molecule has 2 rings (SSSR count). The van der Waals surface area contributed by atoms with Crippen molar-refractivity contribution in [3.05, 3.63) is 0 Å². The Labute approximate surface area is 196 Å². The maximum atomic E-state index is 5.83. The highest BCUT2D eigenvalue weighted by Gasteiger charge is 2.21. The first-order chi connectivity index (χ1) is 13.7. The number of hydrogen-bond acceptors (Lipinski definition) is 4. The normalized spacial score (nSPS) is 24.2. The molecule has 0 bridgehead atoms. The van der Waals surface area contributed by atoms with Crippen LogP contribution in [-0.2, 0) is 9.47 Å². The van der Waals surface area contributed by atoms with Crippen molar-refractivity contribution in [1.82, 2.24) is 15.5 Å². The molecule has 0 amide bonds. The molecule has 2 unspecified atom stereocenters. The molecule has 0 aromatic heterocycles. The molecule has 0 aliphatic carbocycles. The molecule has 6 nitrogen and oxygen atoms in total. The van der Waals surface area contributed by atoms with Crippen molar-refractivity contribution >= 4 is 29.9 Å². The summed E-state index contributed by atoms with van der Waals surface area (Å²) in [7, 11) is 0. The predicted octanol–water partition coefficient (Wildman–Crippen LogP) is 3.36. The summed E-state index contributed by atoms with van der Waals surface area (Å²) in [4.78, 5) is 7.31. The van der Waals surface area contributed by atoms with E-state index < -0.39 is 0 Å². The van der Waals surface area contributed by atoms with E-state index in [0.29, 0.717) is 5.92 Å². The number of halogens is 1. The summed E-state index contributed by atoms with van der Waals surface area (Å²) in [6, 6.07) is 0. The summed E-state index contributed by atoms with van der Waals surface area (Å²) in [5, 5.41) is 6.83. The molecular formula is C22H45IN4O2. The number of hydrogen-bond donors (Lipinski definition) is 2. The number of piperidine rings is 1. The van der Waals surface area contributed by atoms with E-state index >= 15 is 0 Å². The third-order valence-corrected chi connectivity index (χ3v) is 5.64. The van der Waals surface area contributed by atoms with Crippen LogP contribution >= 0.6 is 24.0 Å². The van der Waals surface area contributed by atoms with Crippen LogP contribution in [0.2, 0.25) is 0 Å². The van der Waals surface area contributed by atoms with Crippen molar-refractivity contribution < 1.29 is 9.47 Å². The van der Waals surface area contributed by atoms with Crippen molar-refractivity contribution in [1.29, 1.82) is 0 Å². The van der Waals surface area contributed by atoms with Crippen LogP contribution in [0.5, 0.6) is 0 Å². The quantitative estimate of drug-likeness (QED) is 0.188. The molecule has 2 fully saturated rings. The van der Waals surface area contributed by atoms with E-state index in [-0.39, 0.29) is 24.0 Å². The van der Waals surface area contributed by atoms with Crippen molar-refractivity contribution in [3.63, 3.8) is 0 Å². The lowest BCUT2D eigenvalue weighted by atomic mass is 9.92. The topological polar surface area (TPSA) is 58.1 Å². The number of guanidine groups is 1. The number of ether oxygens (including phenoxy) is 2. The third-order valence-electron chi connectivity index (χ3n) is 5.64. The minimum Gasteiger partial charge on any atom is -0.381 e. The van der Waals surface area contributed by atoms with E-state index in [1.165, 1.54) is 26.1 Å². The minimum absolute atomic E-state index is 0. The highest BCUT2D eigenvalue weighted by molar-refractivity contribution is 14.0. The Bertz CT molecular complexity index is 423. The fourth-order valence-electron chi connectivity index (χ4n) is 4.35. The van der Waals surface area contributed by atoms with Gasteiger partial charge in [0.25, 0.3) is 0 Å². The molecule has 2 aliphatic rings. The van der Waals surface area contributed by atoms with E-state index in [9.17, 15) is 0 Å². The fourth-order valence-corrected chi connectivity index (χ4v) is 4.35. The Kier molecular flexibility index (Phi) is 15.4. The molecule has 2 N–H and O–H groups in total. The van der Waals surface area contributed by atoms with Gasteiger partial charge in [0.05, 0.1) is 0 Å². The molecule has 7 heteroatoms. The summed E-state index contributed by atoms with van der Waals surface area (Å²) in [5.74, 6) is 3.29. The number of likely N-dealkylation sites (tertiary alicyclic amines) is 1. The zero-order valence-corrected chi connectivity index (χ0v) is 21.3. The van der Waals surface area contributed by atoms with E-state index in [1.807, 2.05) is 0 Å². The molecule has 2 saturated heterocycles. The SMILES string of the molecule is CCNC(=NCCCOCC1CCOCC1)NCCCN1CC(C)CC(C)C1.I. The van der Waals surface area contributed by atoms with Crippen molar-refractivity contribution in [2.45, 2.75) is 52.9 Å². The van der Waals surface area contributed by atoms with E-state index in [4.69, 9.17) is 9.47 Å². The Morgan fingerprint density at radius 2 is 1.83 bits per heavy atom. The molecular weight excluding hydrogens is 479 g/mol. The number of aliphatic imine (C=N–C) groups is 1. The molecule has 0 saturated carbocycles. The second-order valence-electron chi connectivity index (χ2n) is 8.73. The van der Waals surface area contributed by atoms with Crippen LogP contribution in [0, 0.1) is 17.8 Å². The molecule has 0 aromatic carbocycles. The second-order valence-corrected chi connectivity index (χ2v) is 8.73. The van der Waals surface area contributed by atoms with Crippen molar-refractivity contribution in [2.75, 3.05) is 65.7 Å². The van der Waals surface area contributed by atoms with Gasteiger partial charge in [-0.05, 0) is 63.3 Å². The van der Waals surface area contributed by atoms with Crippen LogP contribution < -0.4 is 10.6 Å². The average Bonchev–Trinajstić information content (AvgIpc) is 2.68. The molecule has 172 valence electrons. The van der Waals surface area contributed by atoms with E-state index in [1.54, 1.807) is 0 Å². The van der Waals surface area contributed by atoms with Crippen LogP contribution in [-0.4, -0.2) is 76.6 Å². The number of nitrogens with zero attached hydrogens (tertiary/aromatic N) is 2. The zero-order chi connectivity index (χ0) is 20.0. The van der Waals surface area contributed by atoms with E-state index in [0.717, 1.165) is 89.5 Å². The summed E-state index contributed by atoms with van der Waals surface area (Å²) in [6.07, 6.45) is 5.80. The highest BCUT2D eigenvalue weighted by Crippen LogP contribution is 2.20. The summed E-state index contributed by atoms with van der Waals surface area (Å²) >= 11 is 0. The van der Waals surface area contributed by atoms with Crippen LogP contribution in [0.3, 0.4) is 0 Å². The maximum Gasteiger partial charge on any atom is 0.191 e. The van der Waals surface area contributed by atoms with Gasteiger partial charge in [-0.15, -0.1) is 24.0 Å².